The summed E-state index contributed by atoms with van der Waals surface area (Å²) in [6.07, 6.45) is 1.66. The number of hydrogen-bond acceptors (Lipinski definition) is 5. The maximum absolute atomic E-state index is 12.3. The van der Waals surface area contributed by atoms with Gasteiger partial charge in [0.05, 0.1) is 6.42 Å². The van der Waals surface area contributed by atoms with E-state index in [0.29, 0.717) is 16.1 Å². The maximum atomic E-state index is 12.3. The molecule has 0 fully saturated rings. The first kappa shape index (κ1) is 16.6. The van der Waals surface area contributed by atoms with Gasteiger partial charge in [-0.05, 0) is 41.8 Å². The number of aromatic nitrogens is 1. The van der Waals surface area contributed by atoms with Gasteiger partial charge in [-0.1, -0.05) is 29.8 Å². The lowest BCUT2D eigenvalue weighted by Gasteiger charge is -2.11. The second-order valence-corrected chi connectivity index (χ2v) is 6.22. The topological polar surface area (TPSA) is 88.2 Å². The Morgan fingerprint density at radius 2 is 2.04 bits per heavy atom. The number of amides is 1. The number of benzene rings is 2. The Bertz CT molecular complexity index is 917. The molecule has 0 bridgehead atoms. The predicted octanol–water partition coefficient (Wildman–Crippen LogP) is 3.74. The number of nitrogens with one attached hydrogen (secondary N) is 1. The molecule has 3 rings (SSSR count). The number of carbonyl (C=O) groups is 1. The predicted molar refractivity (Wildman–Crippen MR) is 97.2 cm³/mol. The first-order valence-corrected chi connectivity index (χ1v) is 8.36. The van der Waals surface area contributed by atoms with E-state index >= 15 is 0 Å². The van der Waals surface area contributed by atoms with Gasteiger partial charge in [-0.15, -0.1) is 0 Å². The minimum absolute atomic E-state index is 0.106. The molecule has 3 aromatic rings. The fraction of sp³-hybridized carbons (Fsp3) is 0.0588. The van der Waals surface area contributed by atoms with Gasteiger partial charge in [0.1, 0.15) is 0 Å². The molecule has 0 unspecified atom stereocenters. The molecule has 0 aliphatic rings. The van der Waals surface area contributed by atoms with E-state index in [2.05, 4.69) is 10.3 Å². The minimum atomic E-state index is -0.209. The van der Waals surface area contributed by atoms with Crippen molar-refractivity contribution in [2.45, 2.75) is 11.3 Å². The Kier molecular flexibility index (Phi) is 4.89. The Morgan fingerprint density at radius 1 is 1.25 bits per heavy atom. The van der Waals surface area contributed by atoms with Crippen LogP contribution in [0.5, 0.6) is 5.88 Å². The van der Waals surface area contributed by atoms with E-state index in [0.717, 1.165) is 27.8 Å². The third-order valence-corrected chi connectivity index (χ3v) is 4.50. The highest BCUT2D eigenvalue weighted by atomic mass is 35.5. The molecule has 122 valence electrons. The number of carbonyl (C=O) groups excluding carboxylic acids is 1. The van der Waals surface area contributed by atoms with Crippen LogP contribution in [-0.4, -0.2) is 16.0 Å². The SMILES string of the molecule is NSc1cc(NC(=O)Cc2ccccc2Cl)cc2c(O)nccc12. The van der Waals surface area contributed by atoms with Crippen molar-refractivity contribution in [2.24, 2.45) is 5.14 Å². The Labute approximate surface area is 148 Å². The second-order valence-electron chi connectivity index (χ2n) is 5.14. The zero-order chi connectivity index (χ0) is 17.1. The normalized spacial score (nSPS) is 10.8. The van der Waals surface area contributed by atoms with Crippen LogP contribution in [0.1, 0.15) is 5.56 Å². The average Bonchev–Trinajstić information content (AvgIpc) is 2.57. The van der Waals surface area contributed by atoms with Crippen LogP contribution in [0.25, 0.3) is 10.8 Å². The largest absolute Gasteiger partial charge is 0.493 e. The van der Waals surface area contributed by atoms with Gasteiger partial charge >= 0.3 is 0 Å². The van der Waals surface area contributed by atoms with Gasteiger partial charge in [-0.2, -0.15) is 0 Å². The molecule has 0 saturated heterocycles. The van der Waals surface area contributed by atoms with Crippen molar-refractivity contribution in [1.82, 2.24) is 4.98 Å². The highest BCUT2D eigenvalue weighted by molar-refractivity contribution is 7.97. The van der Waals surface area contributed by atoms with Crippen LogP contribution in [0.2, 0.25) is 5.02 Å². The molecule has 1 amide bonds. The van der Waals surface area contributed by atoms with Crippen molar-refractivity contribution in [3.05, 3.63) is 59.2 Å². The first-order chi connectivity index (χ1) is 11.6. The zero-order valence-electron chi connectivity index (χ0n) is 12.5. The smallest absolute Gasteiger partial charge is 0.228 e. The molecular weight excluding hydrogens is 346 g/mol. The molecule has 24 heavy (non-hydrogen) atoms. The summed E-state index contributed by atoms with van der Waals surface area (Å²) in [5.74, 6) is -0.316. The lowest BCUT2D eigenvalue weighted by Crippen LogP contribution is -2.14. The van der Waals surface area contributed by atoms with Crippen molar-refractivity contribution in [2.75, 3.05) is 5.32 Å². The molecule has 0 atom stereocenters. The summed E-state index contributed by atoms with van der Waals surface area (Å²) < 4.78 is 0. The minimum Gasteiger partial charge on any atom is -0.493 e. The van der Waals surface area contributed by atoms with Gasteiger partial charge in [0.15, 0.2) is 0 Å². The van der Waals surface area contributed by atoms with Gasteiger partial charge in [0.2, 0.25) is 11.8 Å². The van der Waals surface area contributed by atoms with Crippen LogP contribution in [0.4, 0.5) is 5.69 Å². The highest BCUT2D eigenvalue weighted by Gasteiger charge is 2.11. The molecule has 0 aliphatic heterocycles. The third-order valence-electron chi connectivity index (χ3n) is 3.54. The molecule has 1 heterocycles. The van der Waals surface area contributed by atoms with Crippen LogP contribution in [0.3, 0.4) is 0 Å². The lowest BCUT2D eigenvalue weighted by atomic mass is 10.1. The van der Waals surface area contributed by atoms with Gasteiger partial charge < -0.3 is 10.4 Å². The zero-order valence-corrected chi connectivity index (χ0v) is 14.1. The quantitative estimate of drug-likeness (QED) is 0.617. The summed E-state index contributed by atoms with van der Waals surface area (Å²) in [7, 11) is 0. The summed E-state index contributed by atoms with van der Waals surface area (Å²) >= 11 is 7.12. The van der Waals surface area contributed by atoms with E-state index in [4.69, 9.17) is 16.7 Å². The summed E-state index contributed by atoms with van der Waals surface area (Å²) in [5.41, 5.74) is 1.28. The summed E-state index contributed by atoms with van der Waals surface area (Å²) in [6.45, 7) is 0. The van der Waals surface area contributed by atoms with Crippen LogP contribution in [-0.2, 0) is 11.2 Å². The number of halogens is 1. The van der Waals surface area contributed by atoms with Crippen molar-refractivity contribution >= 4 is 45.9 Å². The third kappa shape index (κ3) is 3.46. The molecule has 0 radical (unpaired) electrons. The second kappa shape index (κ2) is 7.09. The average molecular weight is 360 g/mol. The monoisotopic (exact) mass is 359 g/mol. The molecule has 7 heteroatoms. The van der Waals surface area contributed by atoms with Crippen LogP contribution in [0, 0.1) is 0 Å². The Hall–Kier alpha value is -2.28. The summed E-state index contributed by atoms with van der Waals surface area (Å²) in [4.78, 5) is 16.9. The van der Waals surface area contributed by atoms with Crippen molar-refractivity contribution in [1.29, 1.82) is 0 Å². The molecule has 1 aromatic heterocycles. The van der Waals surface area contributed by atoms with E-state index in [9.17, 15) is 9.90 Å². The van der Waals surface area contributed by atoms with Crippen LogP contribution in [0.15, 0.2) is 53.6 Å². The number of nitrogens with two attached hydrogens (primary N) is 1. The summed E-state index contributed by atoms with van der Waals surface area (Å²) in [6, 6.07) is 12.4. The fourth-order valence-corrected chi connectivity index (χ4v) is 3.13. The standard InChI is InChI=1S/C17H14ClN3O2S/c18-14-4-2-1-3-10(14)7-16(22)21-11-8-13-12(15(9-11)24-19)5-6-20-17(13)23/h1-6,8-9H,7,19H2,(H,20,23)(H,21,22). The summed E-state index contributed by atoms with van der Waals surface area (Å²) in [5, 5.41) is 20.3. The number of rotatable bonds is 4. The molecular formula is C17H14ClN3O2S. The van der Waals surface area contributed by atoms with E-state index in [1.54, 1.807) is 30.3 Å². The van der Waals surface area contributed by atoms with E-state index in [1.165, 1.54) is 6.20 Å². The maximum Gasteiger partial charge on any atom is 0.228 e. The Morgan fingerprint density at radius 3 is 2.79 bits per heavy atom. The van der Waals surface area contributed by atoms with Gasteiger partial charge in [0, 0.05) is 32.6 Å². The molecule has 0 saturated carbocycles. The lowest BCUT2D eigenvalue weighted by molar-refractivity contribution is -0.115. The molecule has 0 aliphatic carbocycles. The molecule has 5 nitrogen and oxygen atoms in total. The number of aromatic hydroxyl groups is 1. The van der Waals surface area contributed by atoms with Crippen molar-refractivity contribution < 1.29 is 9.90 Å². The number of fused-ring (bicyclic) bond motifs is 1. The van der Waals surface area contributed by atoms with Gasteiger partial charge in [-0.25, -0.2) is 4.98 Å². The number of pyridine rings is 1. The first-order valence-electron chi connectivity index (χ1n) is 7.10. The van der Waals surface area contributed by atoms with E-state index in [1.807, 2.05) is 12.1 Å². The Balaban J connectivity index is 1.88. The van der Waals surface area contributed by atoms with Crippen LogP contribution < -0.4 is 10.5 Å². The molecule has 4 N–H and O–H groups in total. The van der Waals surface area contributed by atoms with E-state index < -0.39 is 0 Å². The van der Waals surface area contributed by atoms with E-state index in [-0.39, 0.29) is 18.2 Å². The number of anilines is 1. The molecule has 0 spiro atoms. The number of nitrogens with zero attached hydrogens (tertiary/aromatic N) is 1. The van der Waals surface area contributed by atoms with Crippen molar-refractivity contribution in [3.8, 4) is 5.88 Å². The van der Waals surface area contributed by atoms with Gasteiger partial charge in [-0.3, -0.25) is 9.93 Å². The fourth-order valence-electron chi connectivity index (χ4n) is 2.43. The number of hydrogen-bond donors (Lipinski definition) is 3. The van der Waals surface area contributed by atoms with Crippen molar-refractivity contribution in [3.63, 3.8) is 0 Å². The highest BCUT2D eigenvalue weighted by Crippen LogP contribution is 2.32. The van der Waals surface area contributed by atoms with Crippen LogP contribution >= 0.6 is 23.5 Å². The van der Waals surface area contributed by atoms with Gasteiger partial charge in [0.25, 0.3) is 0 Å². The molecule has 2 aromatic carbocycles.